The van der Waals surface area contributed by atoms with Crippen LogP contribution in [0.15, 0.2) is 42.5 Å². The number of ether oxygens (including phenoxy) is 3. The van der Waals surface area contributed by atoms with Gasteiger partial charge in [-0.05, 0) is 36.4 Å². The number of carbonyl (C=O) groups excluding carboxylic acids is 1. The Bertz CT molecular complexity index is 731. The molecular weight excluding hydrogens is 332 g/mol. The fourth-order valence-corrected chi connectivity index (χ4v) is 3.07. The SMILES string of the molecule is COc1ccc(N2CCN(C(=O)c3cc(OC)cc(OC)c3)CC2)cc1. The van der Waals surface area contributed by atoms with Crippen LogP contribution in [0, 0.1) is 0 Å². The van der Waals surface area contributed by atoms with Crippen LogP contribution in [0.3, 0.4) is 0 Å². The lowest BCUT2D eigenvalue weighted by Gasteiger charge is -2.36. The lowest BCUT2D eigenvalue weighted by atomic mass is 10.1. The Hall–Kier alpha value is -2.89. The van der Waals surface area contributed by atoms with E-state index in [1.807, 2.05) is 29.2 Å². The quantitative estimate of drug-likeness (QED) is 0.824. The minimum Gasteiger partial charge on any atom is -0.497 e. The zero-order chi connectivity index (χ0) is 18.5. The third-order valence-corrected chi connectivity index (χ3v) is 4.60. The van der Waals surface area contributed by atoms with Gasteiger partial charge in [-0.1, -0.05) is 0 Å². The highest BCUT2D eigenvalue weighted by Gasteiger charge is 2.23. The summed E-state index contributed by atoms with van der Waals surface area (Å²) in [4.78, 5) is 17.0. The molecule has 138 valence electrons. The monoisotopic (exact) mass is 356 g/mol. The Morgan fingerprint density at radius 3 is 1.81 bits per heavy atom. The number of benzene rings is 2. The molecule has 1 aliphatic heterocycles. The molecule has 0 atom stereocenters. The van der Waals surface area contributed by atoms with Crippen molar-refractivity contribution in [1.29, 1.82) is 0 Å². The number of rotatable bonds is 5. The first-order valence-corrected chi connectivity index (χ1v) is 8.56. The van der Waals surface area contributed by atoms with Gasteiger partial charge in [-0.2, -0.15) is 0 Å². The first kappa shape index (κ1) is 17.9. The van der Waals surface area contributed by atoms with Gasteiger partial charge in [-0.3, -0.25) is 4.79 Å². The lowest BCUT2D eigenvalue weighted by Crippen LogP contribution is -2.48. The molecule has 0 saturated carbocycles. The number of nitrogens with zero attached hydrogens (tertiary/aromatic N) is 2. The van der Waals surface area contributed by atoms with E-state index in [2.05, 4.69) is 4.90 Å². The van der Waals surface area contributed by atoms with E-state index in [4.69, 9.17) is 14.2 Å². The Balaban J connectivity index is 1.66. The average Bonchev–Trinajstić information content (AvgIpc) is 2.73. The van der Waals surface area contributed by atoms with Gasteiger partial charge in [-0.25, -0.2) is 0 Å². The number of hydrogen-bond donors (Lipinski definition) is 0. The van der Waals surface area contributed by atoms with Gasteiger partial charge in [0.05, 0.1) is 21.3 Å². The number of methoxy groups -OCH3 is 3. The van der Waals surface area contributed by atoms with E-state index in [9.17, 15) is 4.79 Å². The Labute approximate surface area is 153 Å². The first-order valence-electron chi connectivity index (χ1n) is 8.56. The second-order valence-corrected chi connectivity index (χ2v) is 6.08. The lowest BCUT2D eigenvalue weighted by molar-refractivity contribution is 0.0746. The number of anilines is 1. The van der Waals surface area contributed by atoms with E-state index < -0.39 is 0 Å². The van der Waals surface area contributed by atoms with Crippen LogP contribution in [-0.2, 0) is 0 Å². The van der Waals surface area contributed by atoms with Crippen molar-refractivity contribution in [2.75, 3.05) is 52.4 Å². The summed E-state index contributed by atoms with van der Waals surface area (Å²) in [5, 5.41) is 0. The molecule has 0 unspecified atom stereocenters. The summed E-state index contributed by atoms with van der Waals surface area (Å²) in [6.07, 6.45) is 0. The third-order valence-electron chi connectivity index (χ3n) is 4.60. The van der Waals surface area contributed by atoms with Crippen molar-refractivity contribution >= 4 is 11.6 Å². The maximum absolute atomic E-state index is 12.8. The fraction of sp³-hybridized carbons (Fsp3) is 0.350. The summed E-state index contributed by atoms with van der Waals surface area (Å²) in [5.74, 6) is 2.07. The predicted molar refractivity (Wildman–Crippen MR) is 101 cm³/mol. The molecule has 1 amide bonds. The first-order chi connectivity index (χ1) is 12.6. The minimum atomic E-state index is -0.00317. The molecule has 2 aromatic carbocycles. The van der Waals surface area contributed by atoms with E-state index in [0.717, 1.165) is 24.5 Å². The fourth-order valence-electron chi connectivity index (χ4n) is 3.07. The summed E-state index contributed by atoms with van der Waals surface area (Å²) in [5.41, 5.74) is 1.72. The van der Waals surface area contributed by atoms with Crippen LogP contribution < -0.4 is 19.1 Å². The average molecular weight is 356 g/mol. The normalized spacial score (nSPS) is 14.1. The Kier molecular flexibility index (Phi) is 5.51. The molecule has 2 aromatic rings. The number of hydrogen-bond acceptors (Lipinski definition) is 5. The summed E-state index contributed by atoms with van der Waals surface area (Å²) >= 11 is 0. The van der Waals surface area contributed by atoms with Crippen molar-refractivity contribution in [2.24, 2.45) is 0 Å². The zero-order valence-corrected chi connectivity index (χ0v) is 15.4. The van der Waals surface area contributed by atoms with Crippen LogP contribution in [0.4, 0.5) is 5.69 Å². The Morgan fingerprint density at radius 1 is 0.769 bits per heavy atom. The molecule has 0 bridgehead atoms. The molecule has 6 nitrogen and oxygen atoms in total. The number of amides is 1. The van der Waals surface area contributed by atoms with Crippen molar-refractivity contribution in [1.82, 2.24) is 4.90 Å². The molecular formula is C20H24N2O4. The topological polar surface area (TPSA) is 51.2 Å². The van der Waals surface area contributed by atoms with Crippen molar-refractivity contribution < 1.29 is 19.0 Å². The van der Waals surface area contributed by atoms with Crippen LogP contribution in [0.5, 0.6) is 17.2 Å². The molecule has 0 radical (unpaired) electrons. The molecule has 26 heavy (non-hydrogen) atoms. The van der Waals surface area contributed by atoms with Gasteiger partial charge in [-0.15, -0.1) is 0 Å². The van der Waals surface area contributed by atoms with Crippen LogP contribution in [0.25, 0.3) is 0 Å². The molecule has 0 aromatic heterocycles. The van der Waals surface area contributed by atoms with E-state index in [1.54, 1.807) is 39.5 Å². The summed E-state index contributed by atoms with van der Waals surface area (Å²) < 4.78 is 15.7. The summed E-state index contributed by atoms with van der Waals surface area (Å²) in [6.45, 7) is 2.92. The van der Waals surface area contributed by atoms with Gasteiger partial charge in [0, 0.05) is 43.5 Å². The van der Waals surface area contributed by atoms with Crippen molar-refractivity contribution in [3.63, 3.8) is 0 Å². The molecule has 0 spiro atoms. The number of piperazine rings is 1. The van der Waals surface area contributed by atoms with E-state index in [-0.39, 0.29) is 5.91 Å². The van der Waals surface area contributed by atoms with Crippen LogP contribution >= 0.6 is 0 Å². The van der Waals surface area contributed by atoms with Gasteiger partial charge in [0.2, 0.25) is 0 Å². The van der Waals surface area contributed by atoms with Crippen LogP contribution in [-0.4, -0.2) is 58.3 Å². The second kappa shape index (κ2) is 7.99. The summed E-state index contributed by atoms with van der Waals surface area (Å²) in [6, 6.07) is 13.3. The minimum absolute atomic E-state index is 0.00317. The van der Waals surface area contributed by atoms with Crippen molar-refractivity contribution in [3.8, 4) is 17.2 Å². The van der Waals surface area contributed by atoms with Gasteiger partial charge in [0.1, 0.15) is 17.2 Å². The maximum Gasteiger partial charge on any atom is 0.254 e. The van der Waals surface area contributed by atoms with Crippen LogP contribution in [0.2, 0.25) is 0 Å². The predicted octanol–water partition coefficient (Wildman–Crippen LogP) is 2.67. The molecule has 0 N–H and O–H groups in total. The highest BCUT2D eigenvalue weighted by atomic mass is 16.5. The standard InChI is InChI=1S/C20H24N2O4/c1-24-17-6-4-16(5-7-17)21-8-10-22(11-9-21)20(23)15-12-18(25-2)14-19(13-15)26-3/h4-7,12-14H,8-11H2,1-3H3. The largest absolute Gasteiger partial charge is 0.497 e. The van der Waals surface area contributed by atoms with Crippen LogP contribution in [0.1, 0.15) is 10.4 Å². The molecule has 3 rings (SSSR count). The van der Waals surface area contributed by atoms with E-state index in [1.165, 1.54) is 0 Å². The van der Waals surface area contributed by atoms with Crippen molar-refractivity contribution in [3.05, 3.63) is 48.0 Å². The highest BCUT2D eigenvalue weighted by Crippen LogP contribution is 2.25. The molecule has 1 aliphatic rings. The smallest absolute Gasteiger partial charge is 0.254 e. The molecule has 1 saturated heterocycles. The van der Waals surface area contributed by atoms with E-state index in [0.29, 0.717) is 30.2 Å². The number of carbonyl (C=O) groups is 1. The summed E-state index contributed by atoms with van der Waals surface area (Å²) in [7, 11) is 4.82. The maximum atomic E-state index is 12.8. The molecule has 0 aliphatic carbocycles. The van der Waals surface area contributed by atoms with Gasteiger partial charge >= 0.3 is 0 Å². The zero-order valence-electron chi connectivity index (χ0n) is 15.4. The van der Waals surface area contributed by atoms with E-state index >= 15 is 0 Å². The Morgan fingerprint density at radius 2 is 1.31 bits per heavy atom. The van der Waals surface area contributed by atoms with Gasteiger partial charge in [0.25, 0.3) is 5.91 Å². The van der Waals surface area contributed by atoms with Gasteiger partial charge in [0.15, 0.2) is 0 Å². The van der Waals surface area contributed by atoms with Crippen molar-refractivity contribution in [2.45, 2.75) is 0 Å². The second-order valence-electron chi connectivity index (χ2n) is 6.08. The van der Waals surface area contributed by atoms with Gasteiger partial charge < -0.3 is 24.0 Å². The molecule has 1 fully saturated rings. The third kappa shape index (κ3) is 3.85. The molecule has 1 heterocycles. The molecule has 6 heteroatoms. The highest BCUT2D eigenvalue weighted by molar-refractivity contribution is 5.95.